The van der Waals surface area contributed by atoms with Gasteiger partial charge in [0.25, 0.3) is 0 Å². The van der Waals surface area contributed by atoms with E-state index in [2.05, 4.69) is 30.9 Å². The van der Waals surface area contributed by atoms with Crippen LogP contribution in [0.2, 0.25) is 0 Å². The fourth-order valence-corrected chi connectivity index (χ4v) is 6.25. The van der Waals surface area contributed by atoms with E-state index in [0.717, 1.165) is 73.5 Å². The number of hydrogen-bond donors (Lipinski definition) is 1. The van der Waals surface area contributed by atoms with Crippen LogP contribution in [0, 0.1) is 5.41 Å². The summed E-state index contributed by atoms with van der Waals surface area (Å²) in [5, 5.41) is 8.97. The zero-order valence-electron chi connectivity index (χ0n) is 20.5. The highest BCUT2D eigenvalue weighted by Crippen LogP contribution is 2.54. The minimum atomic E-state index is -1.13. The highest BCUT2D eigenvalue weighted by Gasteiger charge is 2.49. The molecule has 1 N–H and O–H groups in total. The van der Waals surface area contributed by atoms with Gasteiger partial charge in [-0.25, -0.2) is 13.9 Å². The third kappa shape index (κ3) is 3.96. The molecule has 1 unspecified atom stereocenters. The van der Waals surface area contributed by atoms with Gasteiger partial charge in [0.05, 0.1) is 43.0 Å². The fourth-order valence-electron chi connectivity index (χ4n) is 5.79. The van der Waals surface area contributed by atoms with Gasteiger partial charge < -0.3 is 19.3 Å². The van der Waals surface area contributed by atoms with Crippen LogP contribution < -0.4 is 14.5 Å². The molecular weight excluding hydrogens is 474 g/mol. The summed E-state index contributed by atoms with van der Waals surface area (Å²) in [5.74, 6) is 0.953. The average molecular weight is 506 g/mol. The summed E-state index contributed by atoms with van der Waals surface area (Å²) in [6.45, 7) is 4.73. The van der Waals surface area contributed by atoms with Crippen molar-refractivity contribution >= 4 is 28.2 Å². The Balaban J connectivity index is 1.16. The lowest BCUT2D eigenvalue weighted by Crippen LogP contribution is -2.68. The molecule has 2 aromatic heterocycles. The van der Waals surface area contributed by atoms with Crippen molar-refractivity contribution in [2.24, 2.45) is 5.41 Å². The first-order valence-electron chi connectivity index (χ1n) is 12.8. The van der Waals surface area contributed by atoms with Gasteiger partial charge >= 0.3 is 0 Å². The molecule has 0 radical (unpaired) electrons. The van der Waals surface area contributed by atoms with Gasteiger partial charge in [-0.3, -0.25) is 0 Å². The lowest BCUT2D eigenvalue weighted by molar-refractivity contribution is -0.161. The van der Waals surface area contributed by atoms with Crippen LogP contribution in [-0.2, 0) is 15.7 Å². The van der Waals surface area contributed by atoms with E-state index in [-0.39, 0.29) is 5.60 Å². The molecule has 1 saturated carbocycles. The van der Waals surface area contributed by atoms with Gasteiger partial charge in [-0.1, -0.05) is 11.3 Å². The van der Waals surface area contributed by atoms with Crippen LogP contribution in [0.1, 0.15) is 32.1 Å². The molecule has 0 amide bonds. The predicted octanol–water partition coefficient (Wildman–Crippen LogP) is 3.39. The van der Waals surface area contributed by atoms with Gasteiger partial charge in [0, 0.05) is 31.5 Å². The van der Waals surface area contributed by atoms with Crippen molar-refractivity contribution in [3.8, 4) is 17.1 Å². The Bertz CT molecular complexity index is 1320. The summed E-state index contributed by atoms with van der Waals surface area (Å²) in [7, 11) is -1.13. The molecule has 7 rings (SSSR count). The molecule has 4 aliphatic rings. The van der Waals surface area contributed by atoms with Crippen LogP contribution in [0.3, 0.4) is 0 Å². The Hall–Kier alpha value is -2.98. The third-order valence-electron chi connectivity index (χ3n) is 8.34. The largest absolute Gasteiger partial charge is 0.371 e. The number of benzene rings is 1. The Morgan fingerprint density at radius 2 is 1.78 bits per heavy atom. The molecule has 1 atom stereocenters. The molecule has 3 saturated heterocycles. The zero-order chi connectivity index (χ0) is 24.3. The molecule has 1 aliphatic carbocycles. The van der Waals surface area contributed by atoms with Gasteiger partial charge in [0.2, 0.25) is 0 Å². The van der Waals surface area contributed by atoms with Gasteiger partial charge in [0.15, 0.2) is 0 Å². The molecule has 9 nitrogen and oxygen atoms in total. The fraction of sp³-hybridized carbons (Fsp3) is 0.500. The van der Waals surface area contributed by atoms with Crippen molar-refractivity contribution in [1.82, 2.24) is 20.0 Å². The van der Waals surface area contributed by atoms with Crippen molar-refractivity contribution in [2.75, 3.05) is 53.6 Å². The molecule has 0 bridgehead atoms. The van der Waals surface area contributed by atoms with Crippen LogP contribution in [0.15, 0.2) is 42.6 Å². The second kappa shape index (κ2) is 8.27. The number of ether oxygens (including phenoxy) is 1. The van der Waals surface area contributed by atoms with E-state index >= 15 is 0 Å². The van der Waals surface area contributed by atoms with Crippen molar-refractivity contribution < 1.29 is 8.95 Å². The first-order chi connectivity index (χ1) is 17.5. The molecule has 4 fully saturated rings. The van der Waals surface area contributed by atoms with Crippen LogP contribution in [0.4, 0.5) is 17.2 Å². The Morgan fingerprint density at radius 1 is 0.972 bits per heavy atom. The summed E-state index contributed by atoms with van der Waals surface area (Å²) in [6, 6.07) is 12.1. The first-order valence-corrected chi connectivity index (χ1v) is 14.3. The van der Waals surface area contributed by atoms with Gasteiger partial charge in [0.1, 0.15) is 28.1 Å². The molecule has 3 aromatic rings. The topological polar surface area (TPSA) is 88.4 Å². The molecule has 1 aromatic carbocycles. The number of piperidine rings is 1. The molecule has 188 valence electrons. The number of rotatable bonds is 6. The van der Waals surface area contributed by atoms with Crippen LogP contribution in [-0.4, -0.2) is 68.8 Å². The van der Waals surface area contributed by atoms with Crippen molar-refractivity contribution in [3.05, 3.63) is 42.6 Å². The lowest BCUT2D eigenvalue weighted by atomic mass is 9.86. The van der Waals surface area contributed by atoms with E-state index < -0.39 is 11.0 Å². The minimum Gasteiger partial charge on any atom is -0.371 e. The Kier molecular flexibility index (Phi) is 5.11. The van der Waals surface area contributed by atoms with Crippen molar-refractivity contribution in [3.63, 3.8) is 0 Å². The van der Waals surface area contributed by atoms with Crippen LogP contribution in [0.5, 0.6) is 0 Å². The van der Waals surface area contributed by atoms with Crippen molar-refractivity contribution in [1.29, 1.82) is 0 Å². The number of aromatic nitrogens is 4. The van der Waals surface area contributed by atoms with Gasteiger partial charge in [-0.2, -0.15) is 0 Å². The Morgan fingerprint density at radius 3 is 2.47 bits per heavy atom. The first kappa shape index (κ1) is 22.2. The summed E-state index contributed by atoms with van der Waals surface area (Å²) >= 11 is 0. The summed E-state index contributed by atoms with van der Waals surface area (Å²) < 4.78 is 22.4. The summed E-state index contributed by atoms with van der Waals surface area (Å²) in [6.07, 6.45) is 9.94. The SMILES string of the molecule is CS(=O)Nc1ccc(-n2cc(-c3cccc(N4CC5(CCO5)C4)n3)nn2)c(N2CCC3(CC2)CC3)c1. The second-order valence-corrected chi connectivity index (χ2v) is 11.9. The van der Waals surface area contributed by atoms with E-state index in [9.17, 15) is 4.21 Å². The molecular formula is C26H31N7O2S. The second-order valence-electron chi connectivity index (χ2n) is 10.8. The third-order valence-corrected chi connectivity index (χ3v) is 8.87. The molecule has 36 heavy (non-hydrogen) atoms. The zero-order valence-corrected chi connectivity index (χ0v) is 21.3. The number of hydrogen-bond acceptors (Lipinski definition) is 7. The number of anilines is 3. The van der Waals surface area contributed by atoms with E-state index in [4.69, 9.17) is 9.72 Å². The maximum absolute atomic E-state index is 11.8. The van der Waals surface area contributed by atoms with Gasteiger partial charge in [-0.15, -0.1) is 5.10 Å². The summed E-state index contributed by atoms with van der Waals surface area (Å²) in [4.78, 5) is 9.58. The molecule has 3 aliphatic heterocycles. The monoisotopic (exact) mass is 505 g/mol. The van der Waals surface area contributed by atoms with E-state index in [1.54, 1.807) is 6.26 Å². The molecule has 5 heterocycles. The van der Waals surface area contributed by atoms with E-state index in [1.165, 1.54) is 25.7 Å². The Labute approximate surface area is 213 Å². The number of nitrogens with zero attached hydrogens (tertiary/aromatic N) is 6. The number of nitrogens with one attached hydrogen (secondary N) is 1. The highest BCUT2D eigenvalue weighted by atomic mass is 32.2. The number of pyridine rings is 1. The van der Waals surface area contributed by atoms with Gasteiger partial charge in [-0.05, 0) is 61.4 Å². The van der Waals surface area contributed by atoms with E-state index in [0.29, 0.717) is 5.41 Å². The van der Waals surface area contributed by atoms with Crippen LogP contribution in [0.25, 0.3) is 17.1 Å². The normalized spacial score (nSPS) is 22.2. The predicted molar refractivity (Wildman–Crippen MR) is 141 cm³/mol. The maximum atomic E-state index is 11.8. The molecule has 10 heteroatoms. The van der Waals surface area contributed by atoms with E-state index in [1.807, 2.05) is 41.2 Å². The van der Waals surface area contributed by atoms with Crippen molar-refractivity contribution in [2.45, 2.75) is 37.7 Å². The average Bonchev–Trinajstić information content (AvgIpc) is 3.38. The maximum Gasteiger partial charge on any atom is 0.131 e. The lowest BCUT2D eigenvalue weighted by Gasteiger charge is -2.55. The smallest absolute Gasteiger partial charge is 0.131 e. The minimum absolute atomic E-state index is 0.0657. The van der Waals surface area contributed by atoms with Crippen LogP contribution >= 0.6 is 0 Å². The molecule has 2 spiro atoms. The highest BCUT2D eigenvalue weighted by molar-refractivity contribution is 7.85. The standard InChI is InChI=1S/C26H31N7O2S/c1-36(34)29-19-5-6-22(23(15-19)31-12-9-25(7-8-25)10-13-31)33-16-21(28-30-33)20-3-2-4-24(27-20)32-17-26(18-32)11-14-35-26/h2-6,15-16,29H,7-14,17-18H2,1H3. The quantitative estimate of drug-likeness (QED) is 0.549. The summed E-state index contributed by atoms with van der Waals surface area (Å²) in [5.41, 5.74) is 5.11.